The second kappa shape index (κ2) is 14.3. The lowest BCUT2D eigenvalue weighted by molar-refractivity contribution is -0.146. The van der Waals surface area contributed by atoms with E-state index in [1.54, 1.807) is 11.0 Å². The molecule has 1 aliphatic carbocycles. The maximum absolute atomic E-state index is 14.0. The number of nitrogens with one attached hydrogen (secondary N) is 2. The third kappa shape index (κ3) is 7.10. The van der Waals surface area contributed by atoms with Gasteiger partial charge in [0.15, 0.2) is 11.6 Å². The molecule has 0 aromatic carbocycles. The number of likely N-dealkylation sites (tertiary alicyclic amines) is 2. The fourth-order valence-electron chi connectivity index (χ4n) is 6.54. The number of aromatic hydroxyl groups is 1. The third-order valence-corrected chi connectivity index (χ3v) is 8.66. The van der Waals surface area contributed by atoms with Crippen LogP contribution in [0.4, 0.5) is 10.6 Å². The second-order valence-electron chi connectivity index (χ2n) is 11.2. The van der Waals surface area contributed by atoms with Gasteiger partial charge in [0.1, 0.15) is 12.1 Å². The number of carbonyl (C=O) groups excluding carboxylic acids is 4. The number of hydrogen-bond acceptors (Lipinski definition) is 9. The van der Waals surface area contributed by atoms with Crippen LogP contribution in [0.5, 0.6) is 5.75 Å². The van der Waals surface area contributed by atoms with Crippen LogP contribution in [0.15, 0.2) is 18.3 Å². The summed E-state index contributed by atoms with van der Waals surface area (Å²) >= 11 is 0. The van der Waals surface area contributed by atoms with Crippen molar-refractivity contribution in [1.29, 1.82) is 5.26 Å². The highest BCUT2D eigenvalue weighted by Gasteiger charge is 2.52. The molecule has 4 heterocycles. The van der Waals surface area contributed by atoms with Gasteiger partial charge in [0, 0.05) is 32.9 Å². The van der Waals surface area contributed by atoms with Crippen LogP contribution in [0.2, 0.25) is 0 Å². The van der Waals surface area contributed by atoms with Gasteiger partial charge in [-0.15, -0.1) is 0 Å². The first-order chi connectivity index (χ1) is 20.3. The highest BCUT2D eigenvalue weighted by Crippen LogP contribution is 2.42. The first-order valence-electron chi connectivity index (χ1n) is 14.6. The quantitative estimate of drug-likeness (QED) is 0.468. The first-order valence-corrected chi connectivity index (χ1v) is 14.6. The third-order valence-electron chi connectivity index (χ3n) is 8.66. The van der Waals surface area contributed by atoms with E-state index in [1.807, 2.05) is 0 Å². The van der Waals surface area contributed by atoms with Crippen LogP contribution in [0.3, 0.4) is 0 Å². The van der Waals surface area contributed by atoms with Gasteiger partial charge in [-0.1, -0.05) is 12.8 Å². The van der Waals surface area contributed by atoms with Crippen molar-refractivity contribution < 1.29 is 33.8 Å². The molecule has 0 bridgehead atoms. The topological polar surface area (TPSA) is 174 Å². The molecule has 4 amide bonds. The molecule has 4 aliphatic rings. The number of hydrogen-bond donors (Lipinski definition) is 3. The largest absolute Gasteiger partial charge is 0.504 e. The number of alkyl carbamates (subject to hydrolysis) is 1. The molecule has 228 valence electrons. The van der Waals surface area contributed by atoms with Crippen molar-refractivity contribution in [3.8, 4) is 11.8 Å². The Morgan fingerprint density at radius 1 is 1.17 bits per heavy atom. The monoisotopic (exact) mass is 584 g/mol. The van der Waals surface area contributed by atoms with Gasteiger partial charge in [-0.25, -0.2) is 9.78 Å². The molecule has 1 aromatic heterocycles. The van der Waals surface area contributed by atoms with E-state index >= 15 is 0 Å². The average Bonchev–Trinajstić information content (AvgIpc) is 3.76. The molecule has 42 heavy (non-hydrogen) atoms. The van der Waals surface area contributed by atoms with E-state index in [-0.39, 0.29) is 60.7 Å². The second-order valence-corrected chi connectivity index (χ2v) is 11.2. The Bertz CT molecular complexity index is 1180. The Morgan fingerprint density at radius 3 is 2.60 bits per heavy atom. The number of fused-ring (bicyclic) bond motifs is 1. The summed E-state index contributed by atoms with van der Waals surface area (Å²) < 4.78 is 9.83. The molecule has 0 spiro atoms. The predicted octanol–water partition coefficient (Wildman–Crippen LogP) is 2.02. The molecular formula is C29H40N6O7. The van der Waals surface area contributed by atoms with Crippen LogP contribution in [0.25, 0.3) is 0 Å². The molecule has 5 unspecified atom stereocenters. The van der Waals surface area contributed by atoms with Crippen molar-refractivity contribution in [2.75, 3.05) is 39.2 Å². The van der Waals surface area contributed by atoms with E-state index < -0.39 is 30.0 Å². The summed E-state index contributed by atoms with van der Waals surface area (Å²) in [6.07, 6.45) is 7.26. The fourth-order valence-corrected chi connectivity index (χ4v) is 6.54. The SMILES string of the molecule is CNC(=O)OC.N#CC1CC(C(=O)Nc2ncccc2O)CN1C(=O)[C@@H]1C2CCCCC2CN1C(=O)CC1CCCO1. The summed E-state index contributed by atoms with van der Waals surface area (Å²) in [4.78, 5) is 57.3. The van der Waals surface area contributed by atoms with E-state index in [0.29, 0.717) is 13.2 Å². The van der Waals surface area contributed by atoms with E-state index in [2.05, 4.69) is 26.4 Å². The highest BCUT2D eigenvalue weighted by atomic mass is 16.5. The lowest BCUT2D eigenvalue weighted by Gasteiger charge is -2.33. The van der Waals surface area contributed by atoms with Crippen LogP contribution in [0.1, 0.15) is 51.4 Å². The number of anilines is 1. The minimum absolute atomic E-state index is 0.0486. The summed E-state index contributed by atoms with van der Waals surface area (Å²) in [5, 5.41) is 24.6. The number of ether oxygens (including phenoxy) is 2. The Labute approximate surface area is 245 Å². The van der Waals surface area contributed by atoms with Gasteiger partial charge in [-0.05, 0) is 56.1 Å². The van der Waals surface area contributed by atoms with Crippen molar-refractivity contribution in [2.24, 2.45) is 17.8 Å². The molecule has 1 aromatic rings. The fraction of sp³-hybridized carbons (Fsp3) is 0.655. The summed E-state index contributed by atoms with van der Waals surface area (Å²) in [7, 11) is 2.82. The van der Waals surface area contributed by atoms with Crippen LogP contribution >= 0.6 is 0 Å². The van der Waals surface area contributed by atoms with Gasteiger partial charge >= 0.3 is 6.09 Å². The zero-order valence-electron chi connectivity index (χ0n) is 24.2. The van der Waals surface area contributed by atoms with Gasteiger partial charge in [-0.3, -0.25) is 14.4 Å². The number of pyridine rings is 1. The Kier molecular flexibility index (Phi) is 10.6. The highest BCUT2D eigenvalue weighted by molar-refractivity contribution is 5.95. The molecule has 13 heteroatoms. The zero-order chi connectivity index (χ0) is 30.2. The van der Waals surface area contributed by atoms with Crippen LogP contribution in [-0.2, 0) is 23.9 Å². The number of methoxy groups -OCH3 is 1. The zero-order valence-corrected chi connectivity index (χ0v) is 24.2. The van der Waals surface area contributed by atoms with Crippen molar-refractivity contribution in [3.63, 3.8) is 0 Å². The Balaban J connectivity index is 0.000000612. The van der Waals surface area contributed by atoms with Gasteiger partial charge < -0.3 is 35.0 Å². The van der Waals surface area contributed by atoms with Gasteiger partial charge in [0.25, 0.3) is 0 Å². The molecule has 13 nitrogen and oxygen atoms in total. The maximum atomic E-state index is 14.0. The van der Waals surface area contributed by atoms with Gasteiger partial charge in [0.05, 0.1) is 31.6 Å². The molecule has 6 atom stereocenters. The molecule has 0 radical (unpaired) electrons. The van der Waals surface area contributed by atoms with Crippen LogP contribution in [0, 0.1) is 29.1 Å². The van der Waals surface area contributed by atoms with E-state index in [1.165, 1.54) is 31.3 Å². The Morgan fingerprint density at radius 2 is 1.95 bits per heavy atom. The van der Waals surface area contributed by atoms with E-state index in [9.17, 15) is 29.5 Å². The number of carbonyl (C=O) groups is 4. The molecular weight excluding hydrogens is 544 g/mol. The normalized spacial score (nSPS) is 28.1. The predicted molar refractivity (Wildman–Crippen MR) is 150 cm³/mol. The maximum Gasteiger partial charge on any atom is 0.406 e. The molecule has 3 aliphatic heterocycles. The molecule has 4 fully saturated rings. The van der Waals surface area contributed by atoms with E-state index in [0.717, 1.165) is 38.5 Å². The number of nitrogens with zero attached hydrogens (tertiary/aromatic N) is 4. The summed E-state index contributed by atoms with van der Waals surface area (Å²) in [6, 6.07) is 3.83. The number of nitriles is 1. The number of aromatic nitrogens is 1. The summed E-state index contributed by atoms with van der Waals surface area (Å²) in [5.41, 5.74) is 0. The first kappa shape index (κ1) is 31.0. The number of amides is 4. The van der Waals surface area contributed by atoms with Crippen molar-refractivity contribution in [2.45, 2.75) is 69.6 Å². The average molecular weight is 585 g/mol. The van der Waals surface area contributed by atoms with E-state index in [4.69, 9.17) is 4.74 Å². The standard InChI is InChI=1S/C26H33N5O5.C3H7NO2/c27-13-18-11-17(25(34)29-24-21(32)8-3-9-28-24)15-30(18)26(35)23-20-7-2-1-5-16(20)14-31(23)22(33)12-19-6-4-10-36-19;1-4-3(5)6-2/h3,8-9,16-20,23,32H,1-2,4-7,10-12,14-15H2,(H,28,29,34);1-2H3,(H,4,5)/t16?,17?,18?,19?,20?,23-;/m0./s1. The minimum Gasteiger partial charge on any atom is -0.504 e. The summed E-state index contributed by atoms with van der Waals surface area (Å²) in [6.45, 7) is 1.33. The van der Waals surface area contributed by atoms with Crippen molar-refractivity contribution in [3.05, 3.63) is 18.3 Å². The molecule has 5 rings (SSSR count). The number of rotatable bonds is 5. The molecule has 3 N–H and O–H groups in total. The lowest BCUT2D eigenvalue weighted by atomic mass is 9.78. The van der Waals surface area contributed by atoms with Gasteiger partial charge in [0.2, 0.25) is 17.7 Å². The molecule has 1 saturated carbocycles. The van der Waals surface area contributed by atoms with Crippen molar-refractivity contribution >= 4 is 29.6 Å². The van der Waals surface area contributed by atoms with Crippen LogP contribution in [-0.4, -0.2) is 95.7 Å². The Hall–Kier alpha value is -3.92. The van der Waals surface area contributed by atoms with Crippen LogP contribution < -0.4 is 10.6 Å². The van der Waals surface area contributed by atoms with Crippen molar-refractivity contribution in [1.82, 2.24) is 20.1 Å². The summed E-state index contributed by atoms with van der Waals surface area (Å²) in [5.74, 6) is -1.02. The molecule has 3 saturated heterocycles. The minimum atomic E-state index is -0.747. The van der Waals surface area contributed by atoms with Gasteiger partial charge in [-0.2, -0.15) is 5.26 Å². The smallest absolute Gasteiger partial charge is 0.406 e. The lowest BCUT2D eigenvalue weighted by Crippen LogP contribution is -2.52.